The van der Waals surface area contributed by atoms with Gasteiger partial charge in [-0.25, -0.2) is 4.79 Å². The summed E-state index contributed by atoms with van der Waals surface area (Å²) >= 11 is 0. The quantitative estimate of drug-likeness (QED) is 0.760. The fourth-order valence-corrected chi connectivity index (χ4v) is 2.08. The Labute approximate surface area is 111 Å². The highest BCUT2D eigenvalue weighted by Crippen LogP contribution is 2.16. The van der Waals surface area contributed by atoms with Crippen molar-refractivity contribution in [3.05, 3.63) is 23.7 Å². The molecule has 1 unspecified atom stereocenters. The molecule has 0 radical (unpaired) electrons. The largest absolute Gasteiger partial charge is 0.469 e. The average molecular weight is 267 g/mol. The van der Waals surface area contributed by atoms with Crippen molar-refractivity contribution in [1.82, 2.24) is 4.90 Å². The SMILES string of the molecule is CCc1occc1C(=O)N1CCOC(C(=O)OC)C1. The molecule has 0 saturated carbocycles. The van der Waals surface area contributed by atoms with Crippen LogP contribution in [0.2, 0.25) is 0 Å². The summed E-state index contributed by atoms with van der Waals surface area (Å²) in [6.45, 7) is 2.91. The van der Waals surface area contributed by atoms with Gasteiger partial charge in [-0.2, -0.15) is 0 Å². The number of hydrogen-bond donors (Lipinski definition) is 0. The Hall–Kier alpha value is -1.82. The topological polar surface area (TPSA) is 69.0 Å². The number of hydrogen-bond acceptors (Lipinski definition) is 5. The summed E-state index contributed by atoms with van der Waals surface area (Å²) in [7, 11) is 1.30. The van der Waals surface area contributed by atoms with E-state index < -0.39 is 12.1 Å². The van der Waals surface area contributed by atoms with Gasteiger partial charge in [-0.1, -0.05) is 6.92 Å². The van der Waals surface area contributed by atoms with Gasteiger partial charge < -0.3 is 18.8 Å². The highest BCUT2D eigenvalue weighted by molar-refractivity contribution is 5.95. The fourth-order valence-electron chi connectivity index (χ4n) is 2.08. The van der Waals surface area contributed by atoms with Crippen molar-refractivity contribution in [3.8, 4) is 0 Å². The van der Waals surface area contributed by atoms with E-state index >= 15 is 0 Å². The van der Waals surface area contributed by atoms with E-state index in [4.69, 9.17) is 9.15 Å². The smallest absolute Gasteiger partial charge is 0.336 e. The van der Waals surface area contributed by atoms with Gasteiger partial charge in [0.15, 0.2) is 6.10 Å². The van der Waals surface area contributed by atoms with Gasteiger partial charge >= 0.3 is 5.97 Å². The molecule has 6 nitrogen and oxygen atoms in total. The molecule has 1 aliphatic rings. The molecule has 2 rings (SSSR count). The highest BCUT2D eigenvalue weighted by Gasteiger charge is 2.31. The molecule has 1 aromatic heterocycles. The maximum atomic E-state index is 12.4. The number of furan rings is 1. The van der Waals surface area contributed by atoms with Crippen molar-refractivity contribution in [2.45, 2.75) is 19.4 Å². The van der Waals surface area contributed by atoms with Gasteiger partial charge in [-0.15, -0.1) is 0 Å². The summed E-state index contributed by atoms with van der Waals surface area (Å²) in [6.07, 6.45) is 1.45. The Morgan fingerprint density at radius 1 is 1.53 bits per heavy atom. The second-order valence-corrected chi connectivity index (χ2v) is 4.24. The van der Waals surface area contributed by atoms with E-state index in [0.29, 0.717) is 30.9 Å². The number of rotatable bonds is 3. The number of amides is 1. The van der Waals surface area contributed by atoms with Gasteiger partial charge in [0.25, 0.3) is 5.91 Å². The second-order valence-electron chi connectivity index (χ2n) is 4.24. The zero-order chi connectivity index (χ0) is 13.8. The second kappa shape index (κ2) is 5.88. The van der Waals surface area contributed by atoms with Crippen molar-refractivity contribution in [2.75, 3.05) is 26.8 Å². The van der Waals surface area contributed by atoms with E-state index in [-0.39, 0.29) is 12.5 Å². The molecule has 6 heteroatoms. The summed E-state index contributed by atoms with van der Waals surface area (Å²) in [4.78, 5) is 25.4. The molecule has 1 aliphatic heterocycles. The molecule has 1 atom stereocenters. The number of morpholine rings is 1. The first kappa shape index (κ1) is 13.6. The zero-order valence-corrected chi connectivity index (χ0v) is 11.0. The lowest BCUT2D eigenvalue weighted by molar-refractivity contribution is -0.158. The molecule has 19 heavy (non-hydrogen) atoms. The van der Waals surface area contributed by atoms with Crippen LogP contribution in [0.25, 0.3) is 0 Å². The lowest BCUT2D eigenvalue weighted by Crippen LogP contribution is -2.49. The van der Waals surface area contributed by atoms with Crippen LogP contribution in [-0.4, -0.2) is 49.7 Å². The minimum atomic E-state index is -0.709. The first-order chi connectivity index (χ1) is 9.17. The Morgan fingerprint density at radius 3 is 3.00 bits per heavy atom. The maximum Gasteiger partial charge on any atom is 0.336 e. The molecule has 0 bridgehead atoms. The van der Waals surface area contributed by atoms with Crippen LogP contribution in [0.4, 0.5) is 0 Å². The molecular weight excluding hydrogens is 250 g/mol. The van der Waals surface area contributed by atoms with Crippen LogP contribution < -0.4 is 0 Å². The minimum Gasteiger partial charge on any atom is -0.469 e. The molecule has 0 spiro atoms. The molecule has 1 saturated heterocycles. The van der Waals surface area contributed by atoms with Crippen LogP contribution in [0.1, 0.15) is 23.0 Å². The van der Waals surface area contributed by atoms with Gasteiger partial charge in [-0.05, 0) is 6.07 Å². The first-order valence-electron chi connectivity index (χ1n) is 6.22. The third-order valence-corrected chi connectivity index (χ3v) is 3.11. The predicted molar refractivity (Wildman–Crippen MR) is 65.7 cm³/mol. The standard InChI is InChI=1S/C13H17NO5/c1-3-10-9(4-6-18-10)12(15)14-5-7-19-11(8-14)13(16)17-2/h4,6,11H,3,5,7-8H2,1-2H3. The predicted octanol–water partition coefficient (Wildman–Crippen LogP) is 0.856. The van der Waals surface area contributed by atoms with Gasteiger partial charge in [0.1, 0.15) is 5.76 Å². The summed E-state index contributed by atoms with van der Waals surface area (Å²) in [6, 6.07) is 1.66. The van der Waals surface area contributed by atoms with Gasteiger partial charge in [-0.3, -0.25) is 4.79 Å². The number of nitrogens with zero attached hydrogens (tertiary/aromatic N) is 1. The fraction of sp³-hybridized carbons (Fsp3) is 0.538. The van der Waals surface area contributed by atoms with E-state index in [2.05, 4.69) is 4.74 Å². The average Bonchev–Trinajstić information content (AvgIpc) is 2.94. The molecule has 0 aliphatic carbocycles. The third kappa shape index (κ3) is 2.78. The summed E-state index contributed by atoms with van der Waals surface area (Å²) in [5, 5.41) is 0. The normalized spacial score (nSPS) is 19.3. The minimum absolute atomic E-state index is 0.136. The molecule has 1 amide bonds. The Kier molecular flexibility index (Phi) is 4.21. The molecule has 104 valence electrons. The number of aryl methyl sites for hydroxylation is 1. The van der Waals surface area contributed by atoms with Crippen LogP contribution in [0, 0.1) is 0 Å². The maximum absolute atomic E-state index is 12.4. The van der Waals surface area contributed by atoms with Crippen LogP contribution >= 0.6 is 0 Å². The van der Waals surface area contributed by atoms with Crippen molar-refractivity contribution >= 4 is 11.9 Å². The van der Waals surface area contributed by atoms with Crippen molar-refractivity contribution in [1.29, 1.82) is 0 Å². The van der Waals surface area contributed by atoms with E-state index in [0.717, 1.165) is 0 Å². The van der Waals surface area contributed by atoms with Crippen molar-refractivity contribution in [3.63, 3.8) is 0 Å². The molecule has 0 aromatic carbocycles. The Morgan fingerprint density at radius 2 is 2.32 bits per heavy atom. The number of carbonyl (C=O) groups is 2. The summed E-state index contributed by atoms with van der Waals surface area (Å²) in [5.74, 6) is 0.0642. The van der Waals surface area contributed by atoms with Crippen molar-refractivity contribution in [2.24, 2.45) is 0 Å². The third-order valence-electron chi connectivity index (χ3n) is 3.11. The molecule has 2 heterocycles. The van der Waals surface area contributed by atoms with E-state index in [1.165, 1.54) is 13.4 Å². The molecule has 1 aromatic rings. The van der Waals surface area contributed by atoms with Crippen LogP contribution in [0.3, 0.4) is 0 Å². The van der Waals surface area contributed by atoms with Crippen molar-refractivity contribution < 1.29 is 23.5 Å². The van der Waals surface area contributed by atoms with E-state index in [9.17, 15) is 9.59 Å². The Balaban J connectivity index is 2.09. The van der Waals surface area contributed by atoms with E-state index in [1.807, 2.05) is 6.92 Å². The van der Waals surface area contributed by atoms with Crippen LogP contribution in [0.15, 0.2) is 16.7 Å². The monoisotopic (exact) mass is 267 g/mol. The molecule has 1 fully saturated rings. The van der Waals surface area contributed by atoms with Gasteiger partial charge in [0.2, 0.25) is 0 Å². The highest BCUT2D eigenvalue weighted by atomic mass is 16.6. The van der Waals surface area contributed by atoms with Crippen LogP contribution in [-0.2, 0) is 20.7 Å². The summed E-state index contributed by atoms with van der Waals surface area (Å²) in [5.41, 5.74) is 0.549. The molecular formula is C13H17NO5. The van der Waals surface area contributed by atoms with Gasteiger partial charge in [0, 0.05) is 13.0 Å². The van der Waals surface area contributed by atoms with E-state index in [1.54, 1.807) is 11.0 Å². The summed E-state index contributed by atoms with van der Waals surface area (Å²) < 4.78 is 15.2. The lowest BCUT2D eigenvalue weighted by Gasteiger charge is -2.31. The first-order valence-corrected chi connectivity index (χ1v) is 6.22. The lowest BCUT2D eigenvalue weighted by atomic mass is 10.1. The number of esters is 1. The number of methoxy groups -OCH3 is 1. The van der Waals surface area contributed by atoms with Crippen LogP contribution in [0.5, 0.6) is 0 Å². The molecule has 0 N–H and O–H groups in total. The zero-order valence-electron chi connectivity index (χ0n) is 11.0. The van der Waals surface area contributed by atoms with Gasteiger partial charge in [0.05, 0.1) is 32.1 Å². The number of ether oxygens (including phenoxy) is 2. The Bertz CT molecular complexity index is 467. The number of carbonyl (C=O) groups excluding carboxylic acids is 2.